The van der Waals surface area contributed by atoms with Gasteiger partial charge in [-0.2, -0.15) is 0 Å². The van der Waals surface area contributed by atoms with Crippen molar-refractivity contribution in [3.63, 3.8) is 0 Å². The van der Waals surface area contributed by atoms with Gasteiger partial charge in [-0.3, -0.25) is 0 Å². The Morgan fingerprint density at radius 1 is 0.556 bits per heavy atom. The Labute approximate surface area is 225 Å². The lowest BCUT2D eigenvalue weighted by molar-refractivity contribution is 0.220. The van der Waals surface area contributed by atoms with Crippen molar-refractivity contribution < 1.29 is 33.3 Å². The molecule has 1 saturated heterocycles. The average molecular weight is 623 g/mol. The van der Waals surface area contributed by atoms with Gasteiger partial charge in [0.15, 0.2) is 0 Å². The third-order valence-corrected chi connectivity index (χ3v) is 28.3. The van der Waals surface area contributed by atoms with Gasteiger partial charge >= 0.3 is 34.2 Å². The first-order chi connectivity index (χ1) is 16.2. The summed E-state index contributed by atoms with van der Waals surface area (Å²) in [6.45, 7) is 13.4. The molecule has 1 heterocycles. The van der Waals surface area contributed by atoms with Crippen LogP contribution in [0.4, 0.5) is 0 Å². The van der Waals surface area contributed by atoms with Gasteiger partial charge in [0.05, 0.1) is 12.5 Å². The van der Waals surface area contributed by atoms with Gasteiger partial charge in [0.2, 0.25) is 20.0 Å². The van der Waals surface area contributed by atoms with E-state index < -0.39 is 54.3 Å². The van der Waals surface area contributed by atoms with Crippen molar-refractivity contribution in [2.24, 2.45) is 0 Å². The molecule has 0 radical (unpaired) electrons. The zero-order valence-corrected chi connectivity index (χ0v) is 29.7. The summed E-state index contributed by atoms with van der Waals surface area (Å²) in [7, 11) is -14.1. The Morgan fingerprint density at radius 2 is 0.806 bits per heavy atom. The summed E-state index contributed by atoms with van der Waals surface area (Å²) < 4.78 is 77.9. The number of rotatable bonds is 14. The minimum Gasteiger partial charge on any atom is -0.416 e. The molecule has 0 aromatic heterocycles. The van der Waals surface area contributed by atoms with Crippen molar-refractivity contribution >= 4 is 54.3 Å². The Morgan fingerprint density at radius 3 is 1.03 bits per heavy atom. The Kier molecular flexibility index (Phi) is 12.7. The largest absolute Gasteiger partial charge is 0.416 e. The summed E-state index contributed by atoms with van der Waals surface area (Å²) in [5.74, 6) is 0. The summed E-state index contributed by atoms with van der Waals surface area (Å²) >= 11 is 0. The van der Waals surface area contributed by atoms with Gasteiger partial charge < -0.3 is 16.5 Å². The van der Waals surface area contributed by atoms with E-state index in [1.807, 2.05) is 0 Å². The van der Waals surface area contributed by atoms with Crippen LogP contribution in [0.15, 0.2) is 0 Å². The van der Waals surface area contributed by atoms with Crippen molar-refractivity contribution in [1.82, 2.24) is 8.61 Å². The molecule has 0 aliphatic carbocycles. The van der Waals surface area contributed by atoms with Crippen LogP contribution in [0.5, 0.6) is 0 Å². The summed E-state index contributed by atoms with van der Waals surface area (Å²) in [6, 6.07) is 2.94. The van der Waals surface area contributed by atoms with Crippen LogP contribution in [0, 0.1) is 0 Å². The normalized spacial score (nSPS) is 32.6. The minimum atomic E-state index is -3.24. The van der Waals surface area contributed by atoms with E-state index in [4.69, 9.17) is 16.5 Å². The number of hydrogen-bond acceptors (Lipinski definition) is 8. The highest BCUT2D eigenvalue weighted by molar-refractivity contribution is 7.88. The molecule has 0 saturated carbocycles. The topological polar surface area (TPSA) is 112 Å². The Hall–Kier alpha value is 0.528. The summed E-state index contributed by atoms with van der Waals surface area (Å²) in [4.78, 5) is 0. The Balaban J connectivity index is 3.20. The molecule has 1 fully saturated rings. The third kappa shape index (κ3) is 11.3. The maximum Gasteiger partial charge on any atom is 0.317 e. The van der Waals surface area contributed by atoms with Crippen molar-refractivity contribution in [3.8, 4) is 0 Å². The maximum atomic E-state index is 11.8. The van der Waals surface area contributed by atoms with E-state index in [-0.39, 0.29) is 0 Å². The maximum absolute atomic E-state index is 11.8. The van der Waals surface area contributed by atoms with Crippen LogP contribution in [0.3, 0.4) is 0 Å². The molecule has 0 atom stereocenters. The van der Waals surface area contributed by atoms with Crippen molar-refractivity contribution in [2.45, 2.75) is 89.9 Å². The van der Waals surface area contributed by atoms with E-state index in [0.717, 1.165) is 24.9 Å². The second kappa shape index (κ2) is 13.3. The van der Waals surface area contributed by atoms with Crippen LogP contribution in [0.2, 0.25) is 50.4 Å². The van der Waals surface area contributed by atoms with E-state index >= 15 is 0 Å². The molecule has 0 unspecified atom stereocenters. The van der Waals surface area contributed by atoms with Crippen LogP contribution in [-0.2, 0) is 36.5 Å². The number of sulfonamides is 2. The Bertz CT molecular complexity index is 837. The predicted molar refractivity (Wildman–Crippen MR) is 155 cm³/mol. The van der Waals surface area contributed by atoms with E-state index in [1.54, 1.807) is 14.1 Å². The van der Waals surface area contributed by atoms with E-state index in [1.165, 1.54) is 21.1 Å². The molecule has 10 nitrogen and oxygen atoms in total. The summed E-state index contributed by atoms with van der Waals surface area (Å²) in [5, 5.41) is 0. The highest BCUT2D eigenvalue weighted by atomic mass is 32.2. The van der Waals surface area contributed by atoms with Crippen LogP contribution >= 0.6 is 0 Å². The van der Waals surface area contributed by atoms with Crippen LogP contribution in [0.25, 0.3) is 0 Å². The first kappa shape index (κ1) is 34.6. The molecule has 1 aliphatic heterocycles. The highest BCUT2D eigenvalue weighted by Gasteiger charge is 2.56. The van der Waals surface area contributed by atoms with Crippen molar-refractivity contribution in [2.75, 3.05) is 39.7 Å². The lowest BCUT2D eigenvalue weighted by atomic mass is 10.5. The van der Waals surface area contributed by atoms with E-state index in [0.29, 0.717) is 38.0 Å². The van der Waals surface area contributed by atoms with Crippen molar-refractivity contribution in [1.29, 1.82) is 0 Å². The third-order valence-electron chi connectivity index (χ3n) is 6.48. The highest BCUT2D eigenvalue weighted by Crippen LogP contribution is 2.38. The molecular formula is C20H50N2O8S2Si4. The molecule has 0 bridgehead atoms. The van der Waals surface area contributed by atoms with Gasteiger partial charge in [-0.15, -0.1) is 0 Å². The average Bonchev–Trinajstić information content (AvgIpc) is 2.64. The van der Waals surface area contributed by atoms with Gasteiger partial charge in [0.1, 0.15) is 0 Å². The first-order valence-electron chi connectivity index (χ1n) is 12.8. The van der Waals surface area contributed by atoms with Gasteiger partial charge in [-0.05, 0) is 63.2 Å². The van der Waals surface area contributed by atoms with Gasteiger partial charge in [0.25, 0.3) is 0 Å². The van der Waals surface area contributed by atoms with Crippen molar-refractivity contribution in [3.05, 3.63) is 0 Å². The lowest BCUT2D eigenvalue weighted by Gasteiger charge is -2.50. The number of nitrogens with zero attached hydrogens (tertiary/aromatic N) is 2. The monoisotopic (exact) mass is 622 g/mol. The fourth-order valence-electron chi connectivity index (χ4n) is 4.80. The van der Waals surface area contributed by atoms with Gasteiger partial charge in [-0.1, -0.05) is 26.7 Å². The molecule has 0 aromatic rings. The molecular weight excluding hydrogens is 573 g/mol. The molecule has 0 aromatic carbocycles. The quantitative estimate of drug-likeness (QED) is 0.270. The molecule has 1 aliphatic rings. The van der Waals surface area contributed by atoms with E-state index in [9.17, 15) is 16.8 Å². The summed E-state index contributed by atoms with van der Waals surface area (Å²) in [6.07, 6.45) is 5.54. The fourth-order valence-corrected chi connectivity index (χ4v) is 29.2. The summed E-state index contributed by atoms with van der Waals surface area (Å²) in [5.41, 5.74) is 0. The zero-order valence-electron chi connectivity index (χ0n) is 24.0. The molecule has 1 rings (SSSR count). The second-order valence-corrected chi connectivity index (χ2v) is 29.3. The second-order valence-electron chi connectivity index (χ2n) is 10.8. The predicted octanol–water partition coefficient (Wildman–Crippen LogP) is 3.74. The molecule has 0 N–H and O–H groups in total. The molecule has 36 heavy (non-hydrogen) atoms. The van der Waals surface area contributed by atoms with Crippen LogP contribution in [-0.4, -0.2) is 99.4 Å². The minimum absolute atomic E-state index is 0.411. The first-order valence-corrected chi connectivity index (χ1v) is 26.6. The molecule has 16 heteroatoms. The van der Waals surface area contributed by atoms with Crippen LogP contribution < -0.4 is 0 Å². The number of hydrogen-bond donors (Lipinski definition) is 0. The van der Waals surface area contributed by atoms with Gasteiger partial charge in [0, 0.05) is 27.2 Å². The lowest BCUT2D eigenvalue weighted by Crippen LogP contribution is -2.67. The molecule has 0 amide bonds. The molecule has 216 valence electrons. The van der Waals surface area contributed by atoms with Crippen LogP contribution in [0.1, 0.15) is 39.5 Å². The molecule has 0 spiro atoms. The smallest absolute Gasteiger partial charge is 0.317 e. The fraction of sp³-hybridized carbons (Fsp3) is 1.00. The van der Waals surface area contributed by atoms with E-state index in [2.05, 4.69) is 40.0 Å². The SMILES string of the molecule is CCC[Si]1(C)O[Si](C)(CCCN(C)S(C)(=O)=O)O[Si](C)(CCC)O[Si](C)(CCCN(C)S(C)(=O)=O)O1. The zero-order chi connectivity index (χ0) is 28.1. The van der Waals surface area contributed by atoms with Gasteiger partial charge in [-0.25, -0.2) is 25.4 Å². The standard InChI is InChI=1S/C20H50N2O8S2Si4/c1-11-17-33(7)27-35(9,19-13-15-21(3)31(5,23)24)29-34(8,18-12-2)30-36(10,28-33)20-14-16-22(4)32(6,25)26/h11-20H2,1-10H3.